The molecule has 1 heterocycles. The van der Waals surface area contributed by atoms with Crippen molar-refractivity contribution in [1.82, 2.24) is 0 Å². The average Bonchev–Trinajstić information content (AvgIpc) is 3.15. The fourth-order valence-electron chi connectivity index (χ4n) is 3.89. The SMILES string of the molecule is Cc1cc(OCc2ccccc2Cl)cc2c1C(=O)/C(=C/c1ccc(-c3ccccc3)cc1)O2. The van der Waals surface area contributed by atoms with E-state index in [1.807, 2.05) is 79.7 Å². The second-order valence-corrected chi connectivity index (χ2v) is 8.33. The standard InChI is InChI=1S/C29H21ClO3/c1-19-15-24(32-18-23-9-5-6-10-25(23)30)17-26-28(19)29(31)27(33-26)16-20-11-13-22(14-12-20)21-7-3-2-4-8-21/h2-17H,18H2,1H3/b27-16-. The molecule has 0 aromatic heterocycles. The Bertz CT molecular complexity index is 1360. The number of benzene rings is 4. The van der Waals surface area contributed by atoms with Crippen LogP contribution in [0.4, 0.5) is 0 Å². The van der Waals surface area contributed by atoms with Gasteiger partial charge in [0.25, 0.3) is 0 Å². The first kappa shape index (κ1) is 21.0. The highest BCUT2D eigenvalue weighted by Gasteiger charge is 2.30. The summed E-state index contributed by atoms with van der Waals surface area (Å²) in [7, 11) is 0. The highest BCUT2D eigenvalue weighted by atomic mass is 35.5. The first-order valence-electron chi connectivity index (χ1n) is 10.7. The number of rotatable bonds is 5. The molecule has 0 saturated carbocycles. The molecule has 0 radical (unpaired) electrons. The molecule has 5 rings (SSSR count). The van der Waals surface area contributed by atoms with Crippen LogP contribution in [0.1, 0.15) is 27.0 Å². The molecule has 4 aromatic rings. The topological polar surface area (TPSA) is 35.5 Å². The van der Waals surface area contributed by atoms with Crippen LogP contribution in [0.3, 0.4) is 0 Å². The molecule has 33 heavy (non-hydrogen) atoms. The first-order chi connectivity index (χ1) is 16.1. The van der Waals surface area contributed by atoms with E-state index in [9.17, 15) is 4.79 Å². The number of hydrogen-bond donors (Lipinski definition) is 0. The summed E-state index contributed by atoms with van der Waals surface area (Å²) >= 11 is 6.22. The summed E-state index contributed by atoms with van der Waals surface area (Å²) in [6.07, 6.45) is 1.78. The summed E-state index contributed by atoms with van der Waals surface area (Å²) in [6.45, 7) is 2.22. The maximum Gasteiger partial charge on any atom is 0.232 e. The Kier molecular flexibility index (Phi) is 5.72. The van der Waals surface area contributed by atoms with Crippen molar-refractivity contribution in [3.63, 3.8) is 0 Å². The number of aryl methyl sites for hydroxylation is 1. The van der Waals surface area contributed by atoms with E-state index in [2.05, 4.69) is 12.1 Å². The number of halogens is 1. The molecule has 0 unspecified atom stereocenters. The molecule has 0 fully saturated rings. The summed E-state index contributed by atoms with van der Waals surface area (Å²) in [6, 6.07) is 29.4. The van der Waals surface area contributed by atoms with Gasteiger partial charge in [-0.15, -0.1) is 0 Å². The van der Waals surface area contributed by atoms with Crippen LogP contribution < -0.4 is 9.47 Å². The van der Waals surface area contributed by atoms with Crippen LogP contribution in [0.2, 0.25) is 5.02 Å². The van der Waals surface area contributed by atoms with E-state index in [1.165, 1.54) is 0 Å². The Hall–Kier alpha value is -3.82. The van der Waals surface area contributed by atoms with Crippen LogP contribution in [0.5, 0.6) is 11.5 Å². The van der Waals surface area contributed by atoms with Crippen LogP contribution in [0.25, 0.3) is 17.2 Å². The Labute approximate surface area is 197 Å². The molecule has 0 N–H and O–H groups in total. The van der Waals surface area contributed by atoms with Crippen molar-refractivity contribution >= 4 is 23.5 Å². The van der Waals surface area contributed by atoms with Crippen molar-refractivity contribution < 1.29 is 14.3 Å². The number of carbonyl (C=O) groups excluding carboxylic acids is 1. The molecule has 0 aliphatic carbocycles. The van der Waals surface area contributed by atoms with Crippen molar-refractivity contribution in [2.45, 2.75) is 13.5 Å². The molecule has 1 aliphatic rings. The van der Waals surface area contributed by atoms with Gasteiger partial charge in [0, 0.05) is 16.7 Å². The van der Waals surface area contributed by atoms with Gasteiger partial charge in [-0.05, 0) is 47.4 Å². The lowest BCUT2D eigenvalue weighted by atomic mass is 10.0. The normalized spacial score (nSPS) is 13.6. The number of fused-ring (bicyclic) bond motifs is 1. The van der Waals surface area contributed by atoms with Crippen molar-refractivity contribution in [3.05, 3.63) is 124 Å². The molecular weight excluding hydrogens is 432 g/mol. The van der Waals surface area contributed by atoms with Crippen LogP contribution in [-0.2, 0) is 6.61 Å². The highest BCUT2D eigenvalue weighted by Crippen LogP contribution is 2.38. The maximum absolute atomic E-state index is 13.0. The van der Waals surface area contributed by atoms with Gasteiger partial charge in [0.1, 0.15) is 18.1 Å². The maximum atomic E-state index is 13.0. The van der Waals surface area contributed by atoms with E-state index in [4.69, 9.17) is 21.1 Å². The summed E-state index contributed by atoms with van der Waals surface area (Å²) < 4.78 is 11.9. The fourth-order valence-corrected chi connectivity index (χ4v) is 4.08. The Morgan fingerprint density at radius 1 is 0.879 bits per heavy atom. The van der Waals surface area contributed by atoms with E-state index in [0.717, 1.165) is 27.8 Å². The third-order valence-corrected chi connectivity index (χ3v) is 5.98. The minimum absolute atomic E-state index is 0.118. The van der Waals surface area contributed by atoms with Gasteiger partial charge < -0.3 is 9.47 Å². The Balaban J connectivity index is 1.35. The number of carbonyl (C=O) groups is 1. The van der Waals surface area contributed by atoms with E-state index in [-0.39, 0.29) is 5.78 Å². The lowest BCUT2D eigenvalue weighted by molar-refractivity contribution is 0.101. The van der Waals surface area contributed by atoms with Crippen molar-refractivity contribution in [1.29, 1.82) is 0 Å². The van der Waals surface area contributed by atoms with Crippen molar-refractivity contribution in [2.75, 3.05) is 0 Å². The monoisotopic (exact) mass is 452 g/mol. The van der Waals surface area contributed by atoms with E-state index >= 15 is 0 Å². The predicted octanol–water partition coefficient (Wildman–Crippen LogP) is 7.51. The van der Waals surface area contributed by atoms with Crippen LogP contribution in [0.15, 0.2) is 96.8 Å². The van der Waals surface area contributed by atoms with Crippen molar-refractivity contribution in [3.8, 4) is 22.6 Å². The average molecular weight is 453 g/mol. The minimum Gasteiger partial charge on any atom is -0.489 e. The molecule has 1 aliphatic heterocycles. The van der Waals surface area contributed by atoms with Gasteiger partial charge in [0.2, 0.25) is 5.78 Å². The molecule has 0 spiro atoms. The van der Waals surface area contributed by atoms with E-state index in [1.54, 1.807) is 12.1 Å². The molecule has 4 heteroatoms. The van der Waals surface area contributed by atoms with Crippen LogP contribution in [-0.4, -0.2) is 5.78 Å². The van der Waals surface area contributed by atoms with E-state index in [0.29, 0.717) is 34.5 Å². The largest absolute Gasteiger partial charge is 0.489 e. The molecule has 3 nitrogen and oxygen atoms in total. The van der Waals surface area contributed by atoms with Gasteiger partial charge in [0.05, 0.1) is 5.56 Å². The smallest absolute Gasteiger partial charge is 0.232 e. The molecule has 0 bridgehead atoms. The van der Waals surface area contributed by atoms with Crippen LogP contribution >= 0.6 is 11.6 Å². The Morgan fingerprint density at radius 3 is 2.33 bits per heavy atom. The second-order valence-electron chi connectivity index (χ2n) is 7.92. The molecule has 0 amide bonds. The second kappa shape index (κ2) is 8.97. The highest BCUT2D eigenvalue weighted by molar-refractivity contribution is 6.31. The van der Waals surface area contributed by atoms with Gasteiger partial charge in [0.15, 0.2) is 5.76 Å². The molecular formula is C29H21ClO3. The predicted molar refractivity (Wildman–Crippen MR) is 132 cm³/mol. The number of Topliss-reactive ketones (excluding diaryl/α,β-unsaturated/α-hetero) is 1. The van der Waals surface area contributed by atoms with Gasteiger partial charge in [-0.25, -0.2) is 0 Å². The molecule has 4 aromatic carbocycles. The Morgan fingerprint density at radius 2 is 1.58 bits per heavy atom. The zero-order chi connectivity index (χ0) is 22.8. The minimum atomic E-state index is -0.118. The molecule has 162 valence electrons. The quantitative estimate of drug-likeness (QED) is 0.294. The summed E-state index contributed by atoms with van der Waals surface area (Å²) in [5.41, 5.74) is 5.46. The van der Waals surface area contributed by atoms with Gasteiger partial charge in [-0.2, -0.15) is 0 Å². The van der Waals surface area contributed by atoms with Gasteiger partial charge in [-0.1, -0.05) is 84.4 Å². The van der Waals surface area contributed by atoms with Crippen LogP contribution in [0, 0.1) is 6.92 Å². The third kappa shape index (κ3) is 4.41. The molecule has 0 atom stereocenters. The lowest BCUT2D eigenvalue weighted by Gasteiger charge is -2.10. The van der Waals surface area contributed by atoms with E-state index < -0.39 is 0 Å². The van der Waals surface area contributed by atoms with Crippen molar-refractivity contribution in [2.24, 2.45) is 0 Å². The number of hydrogen-bond acceptors (Lipinski definition) is 3. The zero-order valence-corrected chi connectivity index (χ0v) is 18.8. The molecule has 0 saturated heterocycles. The summed E-state index contributed by atoms with van der Waals surface area (Å²) in [5.74, 6) is 1.34. The zero-order valence-electron chi connectivity index (χ0n) is 18.0. The number of ketones is 1. The number of ether oxygens (including phenoxy) is 2. The fraction of sp³-hybridized carbons (Fsp3) is 0.0690. The number of allylic oxidation sites excluding steroid dienone is 1. The summed E-state index contributed by atoms with van der Waals surface area (Å²) in [5, 5.41) is 0.658. The summed E-state index contributed by atoms with van der Waals surface area (Å²) in [4.78, 5) is 13.0. The van der Waals surface area contributed by atoms with Gasteiger partial charge in [-0.3, -0.25) is 4.79 Å². The first-order valence-corrected chi connectivity index (χ1v) is 11.1. The lowest BCUT2D eigenvalue weighted by Crippen LogP contribution is -2.00. The third-order valence-electron chi connectivity index (χ3n) is 5.61. The van der Waals surface area contributed by atoms with Gasteiger partial charge >= 0.3 is 0 Å².